The maximum Gasteiger partial charge on any atom is 0.210 e. The van der Waals surface area contributed by atoms with Crippen molar-refractivity contribution in [1.82, 2.24) is 0 Å². The normalized spacial score (nSPS) is 12.6. The van der Waals surface area contributed by atoms with Gasteiger partial charge < -0.3 is 0 Å². The van der Waals surface area contributed by atoms with Gasteiger partial charge in [-0.1, -0.05) is 6.08 Å². The lowest BCUT2D eigenvalue weighted by molar-refractivity contribution is -0.518. The highest BCUT2D eigenvalue weighted by Crippen LogP contribution is 1.99. The molecule has 0 aromatic carbocycles. The number of rotatable bonds is 4. The molecule has 0 fully saturated rings. The summed E-state index contributed by atoms with van der Waals surface area (Å²) in [6.45, 7) is 5.07. The third kappa shape index (κ3) is 3.70. The predicted octanol–water partition coefficient (Wildman–Crippen LogP) is 1.62. The van der Waals surface area contributed by atoms with Crippen molar-refractivity contribution >= 4 is 0 Å². The fraction of sp³-hybridized carbons (Fsp3) is 0.667. The second-order valence-corrected chi connectivity index (χ2v) is 2.00. The van der Waals surface area contributed by atoms with Crippen molar-refractivity contribution in [2.45, 2.75) is 25.8 Å². The molecule has 0 saturated heterocycles. The summed E-state index contributed by atoms with van der Waals surface area (Å²) < 4.78 is 0. The van der Waals surface area contributed by atoms with Crippen LogP contribution in [-0.2, 0) is 0 Å². The minimum Gasteiger partial charge on any atom is -0.264 e. The molecule has 0 aliphatic carbocycles. The summed E-state index contributed by atoms with van der Waals surface area (Å²) in [5.74, 6) is 0. The molecule has 3 nitrogen and oxygen atoms in total. The summed E-state index contributed by atoms with van der Waals surface area (Å²) in [5.41, 5.74) is 0. The lowest BCUT2D eigenvalue weighted by Crippen LogP contribution is -2.13. The summed E-state index contributed by atoms with van der Waals surface area (Å²) in [6.07, 6.45) is 3.01. The Kier molecular flexibility index (Phi) is 3.67. The minimum atomic E-state index is -0.428. The van der Waals surface area contributed by atoms with Gasteiger partial charge in [-0.25, -0.2) is 0 Å². The van der Waals surface area contributed by atoms with Crippen molar-refractivity contribution in [2.24, 2.45) is 0 Å². The number of hydrogen-bond acceptors (Lipinski definition) is 2. The van der Waals surface area contributed by atoms with Crippen LogP contribution in [0, 0.1) is 10.1 Å². The van der Waals surface area contributed by atoms with Crippen LogP contribution in [0.15, 0.2) is 12.7 Å². The van der Waals surface area contributed by atoms with Gasteiger partial charge in [0.25, 0.3) is 0 Å². The van der Waals surface area contributed by atoms with E-state index in [1.807, 2.05) is 0 Å². The number of hydrogen-bond donors (Lipinski definition) is 0. The largest absolute Gasteiger partial charge is 0.264 e. The topological polar surface area (TPSA) is 43.1 Å². The molecule has 0 aromatic rings. The van der Waals surface area contributed by atoms with Gasteiger partial charge in [0, 0.05) is 18.3 Å². The Hall–Kier alpha value is -0.860. The molecule has 9 heavy (non-hydrogen) atoms. The molecule has 0 aliphatic heterocycles. The third-order valence-corrected chi connectivity index (χ3v) is 1.15. The molecule has 52 valence electrons. The molecule has 0 aliphatic rings. The molecule has 0 aromatic heterocycles. The fourth-order valence-electron chi connectivity index (χ4n) is 0.464. The van der Waals surface area contributed by atoms with E-state index < -0.39 is 6.04 Å². The molecule has 1 atom stereocenters. The van der Waals surface area contributed by atoms with Gasteiger partial charge in [-0.2, -0.15) is 0 Å². The van der Waals surface area contributed by atoms with Gasteiger partial charge in [0.1, 0.15) is 0 Å². The first-order valence-electron chi connectivity index (χ1n) is 2.93. The molecular formula is C6H11NO2. The summed E-state index contributed by atoms with van der Waals surface area (Å²) in [4.78, 5) is 9.70. The van der Waals surface area contributed by atoms with E-state index in [9.17, 15) is 10.1 Å². The Labute approximate surface area is 54.5 Å². The van der Waals surface area contributed by atoms with Gasteiger partial charge in [-0.15, -0.1) is 6.58 Å². The van der Waals surface area contributed by atoms with Gasteiger partial charge in [-0.3, -0.25) is 10.1 Å². The Morgan fingerprint density at radius 2 is 2.44 bits per heavy atom. The first kappa shape index (κ1) is 8.14. The molecule has 0 spiro atoms. The third-order valence-electron chi connectivity index (χ3n) is 1.15. The zero-order chi connectivity index (χ0) is 7.28. The van der Waals surface area contributed by atoms with Crippen molar-refractivity contribution in [3.8, 4) is 0 Å². The molecular weight excluding hydrogens is 118 g/mol. The van der Waals surface area contributed by atoms with Crippen LogP contribution in [0.3, 0.4) is 0 Å². The second kappa shape index (κ2) is 4.06. The van der Waals surface area contributed by atoms with E-state index in [-0.39, 0.29) is 4.92 Å². The van der Waals surface area contributed by atoms with E-state index in [0.717, 1.165) is 6.42 Å². The second-order valence-electron chi connectivity index (χ2n) is 2.00. The SMILES string of the molecule is C=CCCC(C)[N+](=O)[O-]. The molecule has 1 unspecified atom stereocenters. The zero-order valence-electron chi connectivity index (χ0n) is 5.54. The van der Waals surface area contributed by atoms with Gasteiger partial charge >= 0.3 is 0 Å². The highest BCUT2D eigenvalue weighted by molar-refractivity contribution is 4.67. The summed E-state index contributed by atoms with van der Waals surface area (Å²) in [7, 11) is 0. The van der Waals surface area contributed by atoms with Crippen molar-refractivity contribution in [2.75, 3.05) is 0 Å². The van der Waals surface area contributed by atoms with Crippen molar-refractivity contribution in [3.63, 3.8) is 0 Å². The van der Waals surface area contributed by atoms with Gasteiger partial charge in [0.2, 0.25) is 6.04 Å². The Morgan fingerprint density at radius 1 is 1.89 bits per heavy atom. The maximum atomic E-state index is 9.98. The zero-order valence-corrected chi connectivity index (χ0v) is 5.54. The van der Waals surface area contributed by atoms with E-state index in [1.54, 1.807) is 13.0 Å². The van der Waals surface area contributed by atoms with E-state index in [1.165, 1.54) is 0 Å². The van der Waals surface area contributed by atoms with Crippen LogP contribution in [0.4, 0.5) is 0 Å². The molecule has 3 heteroatoms. The minimum absolute atomic E-state index is 0.274. The van der Waals surface area contributed by atoms with Crippen LogP contribution >= 0.6 is 0 Å². The van der Waals surface area contributed by atoms with Crippen LogP contribution in [0.1, 0.15) is 19.8 Å². The van der Waals surface area contributed by atoms with Crippen LogP contribution < -0.4 is 0 Å². The number of nitro groups is 1. The highest BCUT2D eigenvalue weighted by Gasteiger charge is 2.09. The van der Waals surface area contributed by atoms with E-state index in [4.69, 9.17) is 0 Å². The van der Waals surface area contributed by atoms with Crippen molar-refractivity contribution in [3.05, 3.63) is 22.8 Å². The Morgan fingerprint density at radius 3 is 2.78 bits per heavy atom. The Bertz CT molecular complexity index is 112. The smallest absolute Gasteiger partial charge is 0.210 e. The first-order chi connectivity index (χ1) is 4.18. The van der Waals surface area contributed by atoms with Crippen LogP contribution in [0.5, 0.6) is 0 Å². The molecule has 0 saturated carbocycles. The fourth-order valence-corrected chi connectivity index (χ4v) is 0.464. The average Bonchev–Trinajstić information content (AvgIpc) is 1.82. The molecule has 0 heterocycles. The van der Waals surface area contributed by atoms with Crippen molar-refractivity contribution < 1.29 is 4.92 Å². The van der Waals surface area contributed by atoms with Crippen LogP contribution in [0.25, 0.3) is 0 Å². The predicted molar refractivity (Wildman–Crippen MR) is 35.9 cm³/mol. The molecule has 0 radical (unpaired) electrons. The Balaban J connectivity index is 3.37. The van der Waals surface area contributed by atoms with Crippen LogP contribution in [0.2, 0.25) is 0 Å². The summed E-state index contributed by atoms with van der Waals surface area (Å²) in [5, 5.41) is 9.98. The molecule has 0 N–H and O–H groups in total. The van der Waals surface area contributed by atoms with Gasteiger partial charge in [-0.05, 0) is 6.42 Å². The quantitative estimate of drug-likeness (QED) is 0.329. The first-order valence-corrected chi connectivity index (χ1v) is 2.93. The average molecular weight is 129 g/mol. The summed E-state index contributed by atoms with van der Waals surface area (Å²) >= 11 is 0. The molecule has 0 bridgehead atoms. The number of allylic oxidation sites excluding steroid dienone is 1. The van der Waals surface area contributed by atoms with Gasteiger partial charge in [0.05, 0.1) is 0 Å². The lowest BCUT2D eigenvalue weighted by Gasteiger charge is -1.98. The van der Waals surface area contributed by atoms with E-state index in [2.05, 4.69) is 6.58 Å². The van der Waals surface area contributed by atoms with E-state index >= 15 is 0 Å². The van der Waals surface area contributed by atoms with Crippen molar-refractivity contribution in [1.29, 1.82) is 0 Å². The standard InChI is InChI=1S/C6H11NO2/c1-3-4-5-6(2)7(8)9/h3,6H,1,4-5H2,2H3. The molecule has 0 rings (SSSR count). The summed E-state index contributed by atoms with van der Waals surface area (Å²) in [6, 6.07) is -0.428. The highest BCUT2D eigenvalue weighted by atomic mass is 16.6. The number of nitrogens with zero attached hydrogens (tertiary/aromatic N) is 1. The maximum absolute atomic E-state index is 9.98. The lowest BCUT2D eigenvalue weighted by atomic mass is 10.2. The van der Waals surface area contributed by atoms with Gasteiger partial charge in [0.15, 0.2) is 0 Å². The van der Waals surface area contributed by atoms with E-state index in [0.29, 0.717) is 6.42 Å². The monoisotopic (exact) mass is 129 g/mol. The van der Waals surface area contributed by atoms with Crippen LogP contribution in [-0.4, -0.2) is 11.0 Å². The molecule has 0 amide bonds.